The lowest BCUT2D eigenvalue weighted by Crippen LogP contribution is -2.49. The smallest absolute Gasteiger partial charge is 0.315 e. The third-order valence-electron chi connectivity index (χ3n) is 2.13. The number of urea groups is 1. The second-order valence-electron chi connectivity index (χ2n) is 3.24. The van der Waals surface area contributed by atoms with Crippen LogP contribution in [-0.4, -0.2) is 42.5 Å². The van der Waals surface area contributed by atoms with E-state index in [1.54, 1.807) is 11.8 Å². The van der Waals surface area contributed by atoms with Gasteiger partial charge in [0.05, 0.1) is 0 Å². The summed E-state index contributed by atoms with van der Waals surface area (Å²) in [4.78, 5) is 24.6. The number of hydrogen-bond donors (Lipinski definition) is 2. The Balaban J connectivity index is 4.13. The topological polar surface area (TPSA) is 61.4 Å². The third-order valence-corrected chi connectivity index (χ3v) is 2.13. The molecule has 0 aliphatic carbocycles. The third kappa shape index (κ3) is 4.67. The van der Waals surface area contributed by atoms with E-state index in [9.17, 15) is 9.59 Å². The van der Waals surface area contributed by atoms with Crippen molar-refractivity contribution in [3.8, 4) is 0 Å². The van der Waals surface area contributed by atoms with E-state index in [-0.39, 0.29) is 11.9 Å². The van der Waals surface area contributed by atoms with Crippen molar-refractivity contribution in [1.29, 1.82) is 0 Å². The van der Waals surface area contributed by atoms with Crippen LogP contribution in [0.2, 0.25) is 0 Å². The minimum absolute atomic E-state index is 0.0498. The van der Waals surface area contributed by atoms with E-state index in [0.29, 0.717) is 19.6 Å². The van der Waals surface area contributed by atoms with Crippen molar-refractivity contribution < 1.29 is 9.59 Å². The maximum absolute atomic E-state index is 11.7. The maximum atomic E-state index is 11.7. The fourth-order valence-electron chi connectivity index (χ4n) is 1.28. The highest BCUT2D eigenvalue weighted by Crippen LogP contribution is 1.94. The van der Waals surface area contributed by atoms with Gasteiger partial charge in [0.2, 0.25) is 5.91 Å². The molecule has 0 fully saturated rings. The first-order valence-corrected chi connectivity index (χ1v) is 5.39. The molecule has 0 radical (unpaired) electrons. The highest BCUT2D eigenvalue weighted by molar-refractivity contribution is 5.86. The van der Waals surface area contributed by atoms with Gasteiger partial charge in [-0.1, -0.05) is 0 Å². The Bertz CT molecular complexity index is 215. The molecule has 0 aliphatic rings. The molecule has 88 valence electrons. The molecule has 0 rings (SSSR count). The zero-order valence-electron chi connectivity index (χ0n) is 9.96. The summed E-state index contributed by atoms with van der Waals surface area (Å²) >= 11 is 0. The van der Waals surface area contributed by atoms with Gasteiger partial charge in [0, 0.05) is 19.6 Å². The van der Waals surface area contributed by atoms with E-state index >= 15 is 0 Å². The van der Waals surface area contributed by atoms with Crippen molar-refractivity contribution in [2.75, 3.05) is 19.6 Å². The van der Waals surface area contributed by atoms with E-state index in [4.69, 9.17) is 0 Å². The maximum Gasteiger partial charge on any atom is 0.315 e. The highest BCUT2D eigenvalue weighted by Gasteiger charge is 2.19. The number of nitrogens with zero attached hydrogens (tertiary/aromatic N) is 1. The van der Waals surface area contributed by atoms with Crippen molar-refractivity contribution in [2.45, 2.75) is 33.7 Å². The molecule has 0 saturated carbocycles. The van der Waals surface area contributed by atoms with Crippen molar-refractivity contribution >= 4 is 11.9 Å². The molecule has 15 heavy (non-hydrogen) atoms. The standard InChI is InChI=1S/C10H21N3O2/c1-5-11-10(15)12-8(4)9(14)13(6-2)7-3/h8H,5-7H2,1-4H3,(H2,11,12,15). The van der Waals surface area contributed by atoms with Gasteiger partial charge in [-0.15, -0.1) is 0 Å². The number of carbonyl (C=O) groups excluding carboxylic acids is 2. The normalized spacial score (nSPS) is 11.7. The average Bonchev–Trinajstić information content (AvgIpc) is 2.19. The number of amides is 3. The molecule has 0 aromatic rings. The summed E-state index contributed by atoms with van der Waals surface area (Å²) in [6.45, 7) is 9.23. The Morgan fingerprint density at radius 3 is 2.13 bits per heavy atom. The molecule has 0 saturated heterocycles. The summed E-state index contributed by atoms with van der Waals surface area (Å²) in [6.07, 6.45) is 0. The van der Waals surface area contributed by atoms with Crippen LogP contribution >= 0.6 is 0 Å². The first-order chi connectivity index (χ1) is 7.06. The van der Waals surface area contributed by atoms with Crippen LogP contribution in [0.25, 0.3) is 0 Å². The molecule has 5 heteroatoms. The fourth-order valence-corrected chi connectivity index (χ4v) is 1.28. The molecule has 0 bridgehead atoms. The Kier molecular flexibility index (Phi) is 6.49. The van der Waals surface area contributed by atoms with Crippen LogP contribution < -0.4 is 10.6 Å². The Morgan fingerprint density at radius 2 is 1.73 bits per heavy atom. The molecule has 3 amide bonds. The molecule has 0 spiro atoms. The summed E-state index contributed by atoms with van der Waals surface area (Å²) in [7, 11) is 0. The molecule has 5 nitrogen and oxygen atoms in total. The molecule has 2 N–H and O–H groups in total. The second-order valence-corrected chi connectivity index (χ2v) is 3.24. The van der Waals surface area contributed by atoms with Crippen molar-refractivity contribution in [2.24, 2.45) is 0 Å². The monoisotopic (exact) mass is 215 g/mol. The predicted octanol–water partition coefficient (Wildman–Crippen LogP) is 0.562. The van der Waals surface area contributed by atoms with E-state index in [0.717, 1.165) is 0 Å². The van der Waals surface area contributed by atoms with Crippen LogP contribution in [-0.2, 0) is 4.79 Å². The largest absolute Gasteiger partial charge is 0.341 e. The number of hydrogen-bond acceptors (Lipinski definition) is 2. The summed E-state index contributed by atoms with van der Waals surface area (Å²) in [5.41, 5.74) is 0. The van der Waals surface area contributed by atoms with Crippen molar-refractivity contribution in [3.05, 3.63) is 0 Å². The lowest BCUT2D eigenvalue weighted by Gasteiger charge is -2.23. The van der Waals surface area contributed by atoms with Gasteiger partial charge in [-0.25, -0.2) is 4.79 Å². The average molecular weight is 215 g/mol. The van der Waals surface area contributed by atoms with E-state index in [1.165, 1.54) is 0 Å². The molecule has 1 unspecified atom stereocenters. The SMILES string of the molecule is CCNC(=O)NC(C)C(=O)N(CC)CC. The summed E-state index contributed by atoms with van der Waals surface area (Å²) in [5.74, 6) is -0.0498. The van der Waals surface area contributed by atoms with Crippen molar-refractivity contribution in [3.63, 3.8) is 0 Å². The summed E-state index contributed by atoms with van der Waals surface area (Å²) in [6, 6.07) is -0.776. The van der Waals surface area contributed by atoms with Gasteiger partial charge >= 0.3 is 6.03 Å². The number of rotatable bonds is 5. The first-order valence-electron chi connectivity index (χ1n) is 5.39. The second kappa shape index (κ2) is 7.09. The van der Waals surface area contributed by atoms with Crippen LogP contribution in [0.4, 0.5) is 4.79 Å². The van der Waals surface area contributed by atoms with Gasteiger partial charge in [-0.3, -0.25) is 4.79 Å². The van der Waals surface area contributed by atoms with Gasteiger partial charge in [0.25, 0.3) is 0 Å². The van der Waals surface area contributed by atoms with Crippen LogP contribution in [0.5, 0.6) is 0 Å². The highest BCUT2D eigenvalue weighted by atomic mass is 16.2. The van der Waals surface area contributed by atoms with E-state index in [1.807, 2.05) is 20.8 Å². The molecule has 0 aromatic carbocycles. The molecule has 0 aliphatic heterocycles. The number of likely N-dealkylation sites (N-methyl/N-ethyl adjacent to an activating group) is 1. The Hall–Kier alpha value is -1.26. The van der Waals surface area contributed by atoms with Gasteiger partial charge in [0.1, 0.15) is 6.04 Å². The zero-order valence-corrected chi connectivity index (χ0v) is 9.96. The van der Waals surface area contributed by atoms with Crippen molar-refractivity contribution in [1.82, 2.24) is 15.5 Å². The van der Waals surface area contributed by atoms with E-state index in [2.05, 4.69) is 10.6 Å². The quantitative estimate of drug-likeness (QED) is 0.704. The summed E-state index contributed by atoms with van der Waals surface area (Å²) in [5, 5.41) is 5.17. The number of nitrogens with one attached hydrogen (secondary N) is 2. The van der Waals surface area contributed by atoms with Crippen LogP contribution in [0.1, 0.15) is 27.7 Å². The van der Waals surface area contributed by atoms with E-state index < -0.39 is 6.04 Å². The van der Waals surface area contributed by atoms with Gasteiger partial charge in [0.15, 0.2) is 0 Å². The minimum atomic E-state index is -0.476. The lowest BCUT2D eigenvalue weighted by molar-refractivity contribution is -0.132. The lowest BCUT2D eigenvalue weighted by atomic mass is 10.3. The summed E-state index contributed by atoms with van der Waals surface area (Å²) < 4.78 is 0. The molecular weight excluding hydrogens is 194 g/mol. The Labute approximate surface area is 91.2 Å². The van der Waals surface area contributed by atoms with Crippen LogP contribution in [0, 0.1) is 0 Å². The number of carbonyl (C=O) groups is 2. The minimum Gasteiger partial charge on any atom is -0.341 e. The molecule has 0 aromatic heterocycles. The van der Waals surface area contributed by atoms with Gasteiger partial charge in [-0.2, -0.15) is 0 Å². The molecular formula is C10H21N3O2. The predicted molar refractivity (Wildman–Crippen MR) is 59.6 cm³/mol. The van der Waals surface area contributed by atoms with Crippen LogP contribution in [0.15, 0.2) is 0 Å². The molecule has 0 heterocycles. The van der Waals surface area contributed by atoms with Crippen LogP contribution in [0.3, 0.4) is 0 Å². The zero-order chi connectivity index (χ0) is 11.8. The van der Waals surface area contributed by atoms with Gasteiger partial charge in [-0.05, 0) is 27.7 Å². The fraction of sp³-hybridized carbons (Fsp3) is 0.800. The molecule has 1 atom stereocenters. The first kappa shape index (κ1) is 13.7. The van der Waals surface area contributed by atoms with Gasteiger partial charge < -0.3 is 15.5 Å². The Morgan fingerprint density at radius 1 is 1.20 bits per heavy atom.